The van der Waals surface area contributed by atoms with Crippen LogP contribution in [0, 0.1) is 6.92 Å². The van der Waals surface area contributed by atoms with E-state index in [9.17, 15) is 4.79 Å². The first-order valence-electron chi connectivity index (χ1n) is 7.39. The Morgan fingerprint density at radius 3 is 3.00 bits per heavy atom. The van der Waals surface area contributed by atoms with Crippen molar-refractivity contribution in [3.05, 3.63) is 47.8 Å². The zero-order valence-corrected chi connectivity index (χ0v) is 12.6. The van der Waals surface area contributed by atoms with Crippen molar-refractivity contribution in [1.82, 2.24) is 15.0 Å². The second kappa shape index (κ2) is 5.51. The molecule has 1 fully saturated rings. The number of hydrogen-bond donors (Lipinski definition) is 0. The van der Waals surface area contributed by atoms with Crippen molar-refractivity contribution >= 4 is 16.9 Å². The number of aryl methyl sites for hydroxylation is 1. The Hall–Kier alpha value is -2.67. The standard InChI is InChI=1S/C16H15N3O4/c1-10-11-4-2-3-5-13(11)23-14(10)16(20)19-6-7-21-8-12(19)15-17-9-22-18-15/h2-5,9,12H,6-8H2,1H3/t12-/m0/s1. The van der Waals surface area contributed by atoms with Crippen LogP contribution in [0.3, 0.4) is 0 Å². The third-order valence-electron chi connectivity index (χ3n) is 4.10. The van der Waals surface area contributed by atoms with Gasteiger partial charge < -0.3 is 18.6 Å². The minimum Gasteiger partial charge on any atom is -0.451 e. The quantitative estimate of drug-likeness (QED) is 0.722. The van der Waals surface area contributed by atoms with Gasteiger partial charge in [-0.25, -0.2) is 0 Å². The molecule has 0 aliphatic carbocycles. The van der Waals surface area contributed by atoms with Crippen LogP contribution in [0.1, 0.15) is 28.0 Å². The Morgan fingerprint density at radius 1 is 1.35 bits per heavy atom. The number of morpholine rings is 1. The molecule has 1 aliphatic heterocycles. The molecule has 0 spiro atoms. The van der Waals surface area contributed by atoms with Crippen molar-refractivity contribution < 1.29 is 18.5 Å². The molecule has 7 nitrogen and oxygen atoms in total. The summed E-state index contributed by atoms with van der Waals surface area (Å²) in [6, 6.07) is 7.24. The topological polar surface area (TPSA) is 81.6 Å². The highest BCUT2D eigenvalue weighted by molar-refractivity contribution is 5.99. The number of furan rings is 1. The van der Waals surface area contributed by atoms with Gasteiger partial charge in [0.25, 0.3) is 5.91 Å². The van der Waals surface area contributed by atoms with Crippen LogP contribution >= 0.6 is 0 Å². The van der Waals surface area contributed by atoms with Crippen molar-refractivity contribution in [2.24, 2.45) is 0 Å². The minimum absolute atomic E-state index is 0.184. The summed E-state index contributed by atoms with van der Waals surface area (Å²) in [7, 11) is 0. The van der Waals surface area contributed by atoms with Crippen molar-refractivity contribution in [3.63, 3.8) is 0 Å². The number of ether oxygens (including phenoxy) is 1. The summed E-state index contributed by atoms with van der Waals surface area (Å²) in [6.45, 7) is 3.15. The van der Waals surface area contributed by atoms with Crippen molar-refractivity contribution in [1.29, 1.82) is 0 Å². The minimum atomic E-state index is -0.373. The maximum atomic E-state index is 13.0. The van der Waals surface area contributed by atoms with Gasteiger partial charge in [-0.2, -0.15) is 4.98 Å². The van der Waals surface area contributed by atoms with Crippen LogP contribution in [0.5, 0.6) is 0 Å². The second-order valence-corrected chi connectivity index (χ2v) is 5.43. The highest BCUT2D eigenvalue weighted by Crippen LogP contribution is 2.29. The van der Waals surface area contributed by atoms with Crippen LogP contribution in [0.4, 0.5) is 0 Å². The van der Waals surface area contributed by atoms with E-state index in [0.29, 0.717) is 36.9 Å². The lowest BCUT2D eigenvalue weighted by Crippen LogP contribution is -2.43. The van der Waals surface area contributed by atoms with Gasteiger partial charge in [-0.15, -0.1) is 0 Å². The van der Waals surface area contributed by atoms with Gasteiger partial charge in [-0.1, -0.05) is 23.4 Å². The summed E-state index contributed by atoms with van der Waals surface area (Å²) in [5, 5.41) is 4.79. The largest absolute Gasteiger partial charge is 0.451 e. The van der Waals surface area contributed by atoms with E-state index in [1.54, 1.807) is 4.90 Å². The summed E-state index contributed by atoms with van der Waals surface area (Å²) in [5.74, 6) is 0.602. The van der Waals surface area contributed by atoms with E-state index in [-0.39, 0.29) is 11.9 Å². The maximum absolute atomic E-state index is 13.0. The van der Waals surface area contributed by atoms with Gasteiger partial charge in [0.1, 0.15) is 11.6 Å². The van der Waals surface area contributed by atoms with Crippen LogP contribution < -0.4 is 0 Å². The summed E-state index contributed by atoms with van der Waals surface area (Å²) in [4.78, 5) is 18.7. The smallest absolute Gasteiger partial charge is 0.290 e. The molecule has 2 aromatic heterocycles. The third-order valence-corrected chi connectivity index (χ3v) is 4.10. The molecule has 4 rings (SSSR count). The number of amides is 1. The first-order chi connectivity index (χ1) is 11.3. The summed E-state index contributed by atoms with van der Waals surface area (Å²) in [6.07, 6.45) is 1.25. The first-order valence-corrected chi connectivity index (χ1v) is 7.39. The molecule has 3 heterocycles. The van der Waals surface area contributed by atoms with Gasteiger partial charge >= 0.3 is 0 Å². The number of rotatable bonds is 2. The molecule has 1 saturated heterocycles. The normalized spacial score (nSPS) is 18.5. The molecule has 0 N–H and O–H groups in total. The lowest BCUT2D eigenvalue weighted by Gasteiger charge is -2.33. The lowest BCUT2D eigenvalue weighted by atomic mass is 10.1. The van der Waals surface area contributed by atoms with E-state index in [0.717, 1.165) is 10.9 Å². The van der Waals surface area contributed by atoms with Gasteiger partial charge in [-0.05, 0) is 13.0 Å². The predicted molar refractivity (Wildman–Crippen MR) is 79.8 cm³/mol. The molecule has 1 aromatic carbocycles. The van der Waals surface area contributed by atoms with E-state index in [1.165, 1.54) is 6.39 Å². The molecule has 118 valence electrons. The Balaban J connectivity index is 1.72. The Labute approximate surface area is 131 Å². The summed E-state index contributed by atoms with van der Waals surface area (Å²) >= 11 is 0. The maximum Gasteiger partial charge on any atom is 0.290 e. The van der Waals surface area contributed by atoms with E-state index in [1.807, 2.05) is 31.2 Å². The van der Waals surface area contributed by atoms with Crippen LogP contribution in [-0.4, -0.2) is 40.7 Å². The molecule has 1 atom stereocenters. The Bertz CT molecular complexity index is 840. The molecular formula is C16H15N3O4. The fraction of sp³-hybridized carbons (Fsp3) is 0.312. The highest BCUT2D eigenvalue weighted by Gasteiger charge is 2.34. The molecule has 23 heavy (non-hydrogen) atoms. The molecule has 0 bridgehead atoms. The first kappa shape index (κ1) is 14.0. The highest BCUT2D eigenvalue weighted by atomic mass is 16.5. The van der Waals surface area contributed by atoms with E-state index in [4.69, 9.17) is 13.7 Å². The molecule has 1 amide bonds. The number of para-hydroxylation sites is 1. The van der Waals surface area contributed by atoms with Crippen LogP contribution in [0.15, 0.2) is 39.6 Å². The molecule has 0 unspecified atom stereocenters. The Kier molecular flexibility index (Phi) is 3.34. The van der Waals surface area contributed by atoms with Crippen LogP contribution in [0.25, 0.3) is 11.0 Å². The number of fused-ring (bicyclic) bond motifs is 1. The van der Waals surface area contributed by atoms with Gasteiger partial charge in [-0.3, -0.25) is 4.79 Å². The molecule has 1 aliphatic rings. The molecular weight excluding hydrogens is 298 g/mol. The zero-order chi connectivity index (χ0) is 15.8. The summed E-state index contributed by atoms with van der Waals surface area (Å²) < 4.78 is 16.0. The Morgan fingerprint density at radius 2 is 2.22 bits per heavy atom. The molecule has 0 radical (unpaired) electrons. The van der Waals surface area contributed by atoms with Crippen LogP contribution in [-0.2, 0) is 4.74 Å². The number of aromatic nitrogens is 2. The van der Waals surface area contributed by atoms with Gasteiger partial charge in [0, 0.05) is 17.5 Å². The van der Waals surface area contributed by atoms with Gasteiger partial charge in [0.2, 0.25) is 6.39 Å². The fourth-order valence-corrected chi connectivity index (χ4v) is 2.90. The van der Waals surface area contributed by atoms with Crippen LogP contribution in [0.2, 0.25) is 0 Å². The third kappa shape index (κ3) is 2.29. The van der Waals surface area contributed by atoms with Crippen molar-refractivity contribution in [3.8, 4) is 0 Å². The number of benzene rings is 1. The number of nitrogens with zero attached hydrogens (tertiary/aromatic N) is 3. The summed E-state index contributed by atoms with van der Waals surface area (Å²) in [5.41, 5.74) is 1.54. The van der Waals surface area contributed by atoms with Gasteiger partial charge in [0.05, 0.1) is 13.2 Å². The second-order valence-electron chi connectivity index (χ2n) is 5.43. The molecule has 3 aromatic rings. The average Bonchev–Trinajstić information content (AvgIpc) is 3.23. The SMILES string of the molecule is Cc1c(C(=O)N2CCOC[C@H]2c2ncon2)oc2ccccc12. The average molecular weight is 313 g/mol. The molecule has 0 saturated carbocycles. The van der Waals surface area contributed by atoms with E-state index < -0.39 is 0 Å². The van der Waals surface area contributed by atoms with E-state index in [2.05, 4.69) is 10.1 Å². The number of hydrogen-bond acceptors (Lipinski definition) is 6. The monoisotopic (exact) mass is 313 g/mol. The molecule has 7 heteroatoms. The lowest BCUT2D eigenvalue weighted by molar-refractivity contribution is -0.00723. The van der Waals surface area contributed by atoms with Gasteiger partial charge in [0.15, 0.2) is 11.6 Å². The fourth-order valence-electron chi connectivity index (χ4n) is 2.90. The zero-order valence-electron chi connectivity index (χ0n) is 12.6. The predicted octanol–water partition coefficient (Wildman–Crippen LogP) is 2.34. The number of carbonyl (C=O) groups is 1. The number of carbonyl (C=O) groups excluding carboxylic acids is 1. The van der Waals surface area contributed by atoms with Crippen molar-refractivity contribution in [2.75, 3.05) is 19.8 Å². The van der Waals surface area contributed by atoms with E-state index >= 15 is 0 Å². The van der Waals surface area contributed by atoms with Crippen molar-refractivity contribution in [2.45, 2.75) is 13.0 Å².